The molecule has 0 N–H and O–H groups in total. The topological polar surface area (TPSA) is 26.3 Å². The van der Waals surface area contributed by atoms with E-state index in [0.717, 1.165) is 12.8 Å². The Morgan fingerprint density at radius 3 is 2.13 bits per heavy atom. The van der Waals surface area contributed by atoms with Gasteiger partial charge in [-0.15, -0.1) is 6.58 Å². The van der Waals surface area contributed by atoms with Crippen LogP contribution in [0.15, 0.2) is 25.3 Å². The first-order valence-corrected chi connectivity index (χ1v) is 9.62. The Bertz CT molecular complexity index is 389. The molecule has 2 rings (SSSR count). The molecule has 2 fully saturated rings. The van der Waals surface area contributed by atoms with Crippen LogP contribution in [0.5, 0.6) is 0 Å². The molecule has 2 saturated carbocycles. The van der Waals surface area contributed by atoms with Gasteiger partial charge in [0.1, 0.15) is 6.61 Å². The number of rotatable bonds is 8. The standard InChI is InChI=1S/C21H34O2/c1-3-15-21(20(22)23-16-4-2,19-13-9-6-10-14-19)17-18-11-7-5-8-12-18/h3-4,18-19H,1-2,5-17H2. The summed E-state index contributed by atoms with van der Waals surface area (Å²) in [6.45, 7) is 7.99. The van der Waals surface area contributed by atoms with Crippen molar-refractivity contribution in [3.8, 4) is 0 Å². The maximum atomic E-state index is 13.1. The monoisotopic (exact) mass is 318 g/mol. The van der Waals surface area contributed by atoms with Gasteiger partial charge < -0.3 is 4.74 Å². The van der Waals surface area contributed by atoms with E-state index in [4.69, 9.17) is 4.74 Å². The number of hydrogen-bond acceptors (Lipinski definition) is 2. The Kier molecular flexibility index (Phi) is 7.39. The van der Waals surface area contributed by atoms with Crippen LogP contribution in [0.2, 0.25) is 0 Å². The second kappa shape index (κ2) is 9.30. The molecule has 0 radical (unpaired) electrons. The second-order valence-electron chi connectivity index (χ2n) is 7.58. The molecular weight excluding hydrogens is 284 g/mol. The quantitative estimate of drug-likeness (QED) is 0.416. The summed E-state index contributed by atoms with van der Waals surface area (Å²) in [6, 6.07) is 0. The summed E-state index contributed by atoms with van der Waals surface area (Å²) in [7, 11) is 0. The molecule has 2 aliphatic rings. The normalized spacial score (nSPS) is 23.0. The molecule has 2 aliphatic carbocycles. The summed E-state index contributed by atoms with van der Waals surface area (Å²) in [5, 5.41) is 0. The molecule has 0 saturated heterocycles. The molecule has 0 aromatic rings. The van der Waals surface area contributed by atoms with Gasteiger partial charge in [0.15, 0.2) is 0 Å². The highest BCUT2D eigenvalue weighted by atomic mass is 16.5. The zero-order valence-electron chi connectivity index (χ0n) is 14.7. The van der Waals surface area contributed by atoms with E-state index in [0.29, 0.717) is 18.4 Å². The largest absolute Gasteiger partial charge is 0.461 e. The smallest absolute Gasteiger partial charge is 0.312 e. The van der Waals surface area contributed by atoms with Crippen molar-refractivity contribution in [2.75, 3.05) is 6.61 Å². The zero-order valence-corrected chi connectivity index (χ0v) is 14.7. The third kappa shape index (κ3) is 4.71. The number of carbonyl (C=O) groups excluding carboxylic acids is 1. The van der Waals surface area contributed by atoms with Crippen LogP contribution in [0.1, 0.15) is 77.0 Å². The van der Waals surface area contributed by atoms with Gasteiger partial charge in [-0.05, 0) is 37.5 Å². The summed E-state index contributed by atoms with van der Waals surface area (Å²) in [4.78, 5) is 13.1. The molecule has 2 heteroatoms. The van der Waals surface area contributed by atoms with Gasteiger partial charge in [0.2, 0.25) is 0 Å². The summed E-state index contributed by atoms with van der Waals surface area (Å²) in [5.41, 5.74) is -0.340. The first kappa shape index (κ1) is 18.3. The minimum absolute atomic E-state index is 0.00905. The summed E-state index contributed by atoms with van der Waals surface area (Å²) >= 11 is 0. The van der Waals surface area contributed by atoms with Gasteiger partial charge in [-0.1, -0.05) is 70.1 Å². The third-order valence-corrected chi connectivity index (χ3v) is 6.01. The second-order valence-corrected chi connectivity index (χ2v) is 7.58. The zero-order chi connectivity index (χ0) is 16.5. The van der Waals surface area contributed by atoms with Crippen LogP contribution < -0.4 is 0 Å². The van der Waals surface area contributed by atoms with Crippen LogP contribution in [-0.4, -0.2) is 12.6 Å². The van der Waals surface area contributed by atoms with Crippen LogP contribution in [0, 0.1) is 17.3 Å². The lowest BCUT2D eigenvalue weighted by molar-refractivity contribution is -0.161. The molecule has 0 heterocycles. The maximum Gasteiger partial charge on any atom is 0.312 e. The summed E-state index contributed by atoms with van der Waals surface area (Å²) in [5.74, 6) is 1.16. The highest BCUT2D eigenvalue weighted by Gasteiger charge is 2.47. The number of esters is 1. The molecule has 23 heavy (non-hydrogen) atoms. The number of hydrogen-bond donors (Lipinski definition) is 0. The molecule has 0 bridgehead atoms. The highest BCUT2D eigenvalue weighted by molar-refractivity contribution is 5.77. The van der Waals surface area contributed by atoms with E-state index in [-0.39, 0.29) is 11.4 Å². The van der Waals surface area contributed by atoms with Gasteiger partial charge in [0, 0.05) is 0 Å². The minimum atomic E-state index is -0.340. The van der Waals surface area contributed by atoms with Crippen molar-refractivity contribution in [3.05, 3.63) is 25.3 Å². The van der Waals surface area contributed by atoms with Crippen molar-refractivity contribution >= 4 is 5.97 Å². The Morgan fingerprint density at radius 1 is 0.957 bits per heavy atom. The van der Waals surface area contributed by atoms with Gasteiger partial charge in [0.25, 0.3) is 0 Å². The highest BCUT2D eigenvalue weighted by Crippen LogP contribution is 2.48. The first-order chi connectivity index (χ1) is 11.2. The Hall–Kier alpha value is -1.05. The molecule has 0 amide bonds. The van der Waals surface area contributed by atoms with Crippen molar-refractivity contribution < 1.29 is 9.53 Å². The van der Waals surface area contributed by atoms with Gasteiger partial charge in [-0.3, -0.25) is 4.79 Å². The lowest BCUT2D eigenvalue weighted by Crippen LogP contribution is -2.42. The predicted octanol–water partition coefficient (Wildman–Crippen LogP) is 5.83. The third-order valence-electron chi connectivity index (χ3n) is 6.01. The average molecular weight is 319 g/mol. The Balaban J connectivity index is 2.21. The van der Waals surface area contributed by atoms with Gasteiger partial charge >= 0.3 is 5.97 Å². The van der Waals surface area contributed by atoms with E-state index in [9.17, 15) is 4.79 Å². The van der Waals surface area contributed by atoms with E-state index < -0.39 is 0 Å². The lowest BCUT2D eigenvalue weighted by Gasteiger charge is -2.43. The van der Waals surface area contributed by atoms with E-state index in [1.54, 1.807) is 6.08 Å². The van der Waals surface area contributed by atoms with Crippen LogP contribution in [-0.2, 0) is 9.53 Å². The Morgan fingerprint density at radius 2 is 1.57 bits per heavy atom. The summed E-state index contributed by atoms with van der Waals surface area (Å²) in [6.07, 6.45) is 18.1. The van der Waals surface area contributed by atoms with Crippen LogP contribution in [0.25, 0.3) is 0 Å². The van der Waals surface area contributed by atoms with Gasteiger partial charge in [-0.2, -0.15) is 0 Å². The fraction of sp³-hybridized carbons (Fsp3) is 0.762. The molecule has 0 aromatic heterocycles. The number of ether oxygens (including phenoxy) is 1. The molecule has 0 aliphatic heterocycles. The fourth-order valence-corrected chi connectivity index (χ4v) is 4.85. The van der Waals surface area contributed by atoms with E-state index in [1.165, 1.54) is 64.2 Å². The van der Waals surface area contributed by atoms with Gasteiger partial charge in [-0.25, -0.2) is 0 Å². The minimum Gasteiger partial charge on any atom is -0.461 e. The predicted molar refractivity (Wildman–Crippen MR) is 96.2 cm³/mol. The molecule has 0 spiro atoms. The van der Waals surface area contributed by atoms with Crippen molar-refractivity contribution in [2.24, 2.45) is 17.3 Å². The molecule has 1 unspecified atom stereocenters. The molecule has 130 valence electrons. The molecule has 0 aromatic carbocycles. The van der Waals surface area contributed by atoms with Crippen molar-refractivity contribution in [3.63, 3.8) is 0 Å². The van der Waals surface area contributed by atoms with Gasteiger partial charge in [0.05, 0.1) is 5.41 Å². The van der Waals surface area contributed by atoms with Crippen LogP contribution >= 0.6 is 0 Å². The van der Waals surface area contributed by atoms with E-state index >= 15 is 0 Å². The van der Waals surface area contributed by atoms with E-state index in [1.807, 2.05) is 6.08 Å². The fourth-order valence-electron chi connectivity index (χ4n) is 4.85. The number of carbonyl (C=O) groups is 1. The maximum absolute atomic E-state index is 13.1. The van der Waals surface area contributed by atoms with Crippen LogP contribution in [0.3, 0.4) is 0 Å². The van der Waals surface area contributed by atoms with Crippen molar-refractivity contribution in [1.82, 2.24) is 0 Å². The lowest BCUT2D eigenvalue weighted by atomic mass is 9.61. The number of allylic oxidation sites excluding steroid dienone is 1. The molecule has 2 nitrogen and oxygen atoms in total. The van der Waals surface area contributed by atoms with E-state index in [2.05, 4.69) is 13.2 Å². The SMILES string of the molecule is C=CCOC(=O)C(CC=C)(CC1CCCCC1)C1CCCCC1. The first-order valence-electron chi connectivity index (χ1n) is 9.62. The molecule has 1 atom stereocenters. The Labute approximate surface area is 142 Å². The average Bonchev–Trinajstić information content (AvgIpc) is 2.61. The van der Waals surface area contributed by atoms with Crippen molar-refractivity contribution in [2.45, 2.75) is 77.0 Å². The summed E-state index contributed by atoms with van der Waals surface area (Å²) < 4.78 is 5.60. The van der Waals surface area contributed by atoms with Crippen molar-refractivity contribution in [1.29, 1.82) is 0 Å². The molecular formula is C21H34O2. The van der Waals surface area contributed by atoms with Crippen LogP contribution in [0.4, 0.5) is 0 Å².